The SMILES string of the molecule is COc1cc2c(cc1OC)CN(C(=O)CN1C(=O)N[C@](C)(c3ccc(Cl)cc3Cl)C1=O)CC2. The lowest BCUT2D eigenvalue weighted by Gasteiger charge is -2.30. The van der Waals surface area contributed by atoms with Crippen molar-refractivity contribution in [3.8, 4) is 11.5 Å². The molecule has 0 aliphatic carbocycles. The maximum atomic E-state index is 13.2. The summed E-state index contributed by atoms with van der Waals surface area (Å²) in [5, 5.41) is 3.33. The average Bonchev–Trinajstić information content (AvgIpc) is 3.00. The molecule has 10 heteroatoms. The topological polar surface area (TPSA) is 88.2 Å². The molecule has 1 saturated heterocycles. The van der Waals surface area contributed by atoms with Gasteiger partial charge in [0.1, 0.15) is 12.1 Å². The van der Waals surface area contributed by atoms with Crippen LogP contribution in [0.15, 0.2) is 30.3 Å². The molecule has 2 aliphatic heterocycles. The summed E-state index contributed by atoms with van der Waals surface area (Å²) in [7, 11) is 3.13. The predicted octanol–water partition coefficient (Wildman–Crippen LogP) is 3.36. The quantitative estimate of drug-likeness (QED) is 0.647. The molecule has 1 atom stereocenters. The number of carbonyl (C=O) groups excluding carboxylic acids is 3. The summed E-state index contributed by atoms with van der Waals surface area (Å²) < 4.78 is 10.7. The van der Waals surface area contributed by atoms with Gasteiger partial charge in [-0.05, 0) is 48.7 Å². The van der Waals surface area contributed by atoms with Crippen molar-refractivity contribution >= 4 is 41.0 Å². The maximum absolute atomic E-state index is 13.2. The van der Waals surface area contributed by atoms with Crippen LogP contribution in [0, 0.1) is 0 Å². The lowest BCUT2D eigenvalue weighted by Crippen LogP contribution is -2.45. The first-order valence-electron chi connectivity index (χ1n) is 10.3. The molecule has 33 heavy (non-hydrogen) atoms. The van der Waals surface area contributed by atoms with Crippen LogP contribution in [0.25, 0.3) is 0 Å². The number of benzene rings is 2. The molecule has 0 aromatic heterocycles. The number of halogens is 2. The normalized spacial score (nSPS) is 19.9. The molecular formula is C23H23Cl2N3O5. The van der Waals surface area contributed by atoms with E-state index in [1.165, 1.54) is 6.07 Å². The fourth-order valence-corrected chi connectivity index (χ4v) is 4.85. The highest BCUT2D eigenvalue weighted by Crippen LogP contribution is 2.36. The molecule has 4 amide bonds. The Morgan fingerprint density at radius 2 is 1.76 bits per heavy atom. The Morgan fingerprint density at radius 1 is 1.09 bits per heavy atom. The van der Waals surface area contributed by atoms with Crippen molar-refractivity contribution in [3.63, 3.8) is 0 Å². The van der Waals surface area contributed by atoms with Gasteiger partial charge in [-0.3, -0.25) is 14.5 Å². The first-order valence-corrected chi connectivity index (χ1v) is 11.0. The fraction of sp³-hybridized carbons (Fsp3) is 0.348. The molecule has 4 rings (SSSR count). The predicted molar refractivity (Wildman–Crippen MR) is 123 cm³/mol. The minimum Gasteiger partial charge on any atom is -0.493 e. The molecule has 2 aromatic carbocycles. The monoisotopic (exact) mass is 491 g/mol. The average molecular weight is 492 g/mol. The van der Waals surface area contributed by atoms with Crippen LogP contribution in [0.5, 0.6) is 11.5 Å². The van der Waals surface area contributed by atoms with Crippen molar-refractivity contribution in [2.75, 3.05) is 27.3 Å². The van der Waals surface area contributed by atoms with E-state index < -0.39 is 17.5 Å². The van der Waals surface area contributed by atoms with Crippen LogP contribution in [-0.2, 0) is 28.1 Å². The van der Waals surface area contributed by atoms with Crippen LogP contribution < -0.4 is 14.8 Å². The van der Waals surface area contributed by atoms with Gasteiger partial charge in [0, 0.05) is 28.7 Å². The van der Waals surface area contributed by atoms with E-state index in [2.05, 4.69) is 5.32 Å². The zero-order valence-electron chi connectivity index (χ0n) is 18.4. The van der Waals surface area contributed by atoms with Gasteiger partial charge >= 0.3 is 6.03 Å². The van der Waals surface area contributed by atoms with Crippen LogP contribution >= 0.6 is 23.2 Å². The Hall–Kier alpha value is -2.97. The van der Waals surface area contributed by atoms with Gasteiger partial charge in [-0.2, -0.15) is 0 Å². The molecule has 8 nitrogen and oxygen atoms in total. The van der Waals surface area contributed by atoms with Gasteiger partial charge in [-0.25, -0.2) is 4.79 Å². The summed E-state index contributed by atoms with van der Waals surface area (Å²) >= 11 is 12.2. The van der Waals surface area contributed by atoms with E-state index in [0.29, 0.717) is 41.6 Å². The second-order valence-corrected chi connectivity index (χ2v) is 8.96. The number of imide groups is 1. The number of rotatable bonds is 5. The zero-order valence-corrected chi connectivity index (χ0v) is 19.9. The summed E-state index contributed by atoms with van der Waals surface area (Å²) in [5.41, 5.74) is 1.02. The fourth-order valence-electron chi connectivity index (χ4n) is 4.25. The standard InChI is InChI=1S/C23H23Cl2N3O5/c1-23(16-5-4-15(24)10-17(16)25)21(30)28(22(31)26-23)12-20(29)27-7-6-13-8-18(32-2)19(33-3)9-14(13)11-27/h4-5,8-10H,6-7,11-12H2,1-3H3,(H,26,31)/t23-/m1/s1. The number of hydrogen-bond acceptors (Lipinski definition) is 5. The first-order chi connectivity index (χ1) is 15.7. The zero-order chi connectivity index (χ0) is 23.9. The summed E-state index contributed by atoms with van der Waals surface area (Å²) in [6.45, 7) is 2.00. The smallest absolute Gasteiger partial charge is 0.325 e. The largest absolute Gasteiger partial charge is 0.493 e. The third-order valence-electron chi connectivity index (χ3n) is 6.11. The molecule has 0 radical (unpaired) electrons. The van der Waals surface area contributed by atoms with E-state index in [4.69, 9.17) is 32.7 Å². The number of hydrogen-bond donors (Lipinski definition) is 1. The second-order valence-electron chi connectivity index (χ2n) is 8.11. The maximum Gasteiger partial charge on any atom is 0.325 e. The molecular weight excluding hydrogens is 469 g/mol. The molecule has 1 fully saturated rings. The van der Waals surface area contributed by atoms with Crippen LogP contribution in [0.3, 0.4) is 0 Å². The van der Waals surface area contributed by atoms with Crippen molar-refractivity contribution in [1.82, 2.24) is 15.1 Å². The minimum atomic E-state index is -1.39. The van der Waals surface area contributed by atoms with Crippen molar-refractivity contribution in [2.24, 2.45) is 0 Å². The van der Waals surface area contributed by atoms with Gasteiger partial charge in [0.05, 0.1) is 14.2 Å². The Bertz CT molecular complexity index is 1160. The number of ether oxygens (including phenoxy) is 2. The Labute approximate surface area is 201 Å². The van der Waals surface area contributed by atoms with Gasteiger partial charge < -0.3 is 19.7 Å². The number of nitrogens with one attached hydrogen (secondary N) is 1. The molecule has 0 spiro atoms. The molecule has 1 N–H and O–H groups in total. The summed E-state index contributed by atoms with van der Waals surface area (Å²) in [4.78, 5) is 41.4. The lowest BCUT2D eigenvalue weighted by atomic mass is 9.92. The number of fused-ring (bicyclic) bond motifs is 1. The molecule has 2 aliphatic rings. The van der Waals surface area contributed by atoms with Gasteiger partial charge in [-0.15, -0.1) is 0 Å². The minimum absolute atomic E-state index is 0.254. The van der Waals surface area contributed by atoms with Crippen molar-refractivity contribution in [3.05, 3.63) is 57.1 Å². The number of nitrogens with zero attached hydrogens (tertiary/aromatic N) is 2. The van der Waals surface area contributed by atoms with Crippen LogP contribution in [-0.4, -0.2) is 55.0 Å². The highest BCUT2D eigenvalue weighted by Gasteiger charge is 2.50. The Morgan fingerprint density at radius 3 is 2.39 bits per heavy atom. The van der Waals surface area contributed by atoms with Crippen molar-refractivity contribution in [1.29, 1.82) is 0 Å². The summed E-state index contributed by atoms with van der Waals surface area (Å²) in [5.74, 6) is 0.338. The molecule has 0 unspecified atom stereocenters. The van der Waals surface area contributed by atoms with Crippen LogP contribution in [0.2, 0.25) is 10.0 Å². The highest BCUT2D eigenvalue weighted by molar-refractivity contribution is 6.35. The van der Waals surface area contributed by atoms with Gasteiger partial charge in [0.15, 0.2) is 11.5 Å². The molecule has 174 valence electrons. The van der Waals surface area contributed by atoms with Crippen molar-refractivity contribution in [2.45, 2.75) is 25.4 Å². The molecule has 0 bridgehead atoms. The number of urea groups is 1. The molecule has 2 aromatic rings. The van der Waals surface area contributed by atoms with Crippen LogP contribution in [0.1, 0.15) is 23.6 Å². The summed E-state index contributed by atoms with van der Waals surface area (Å²) in [6.07, 6.45) is 0.625. The second kappa shape index (κ2) is 8.76. The van der Waals surface area contributed by atoms with E-state index in [0.717, 1.165) is 16.0 Å². The number of amides is 4. The first kappa shape index (κ1) is 23.2. The van der Waals surface area contributed by atoms with E-state index in [-0.39, 0.29) is 17.5 Å². The number of methoxy groups -OCH3 is 2. The van der Waals surface area contributed by atoms with E-state index in [1.807, 2.05) is 12.1 Å². The third kappa shape index (κ3) is 4.09. The molecule has 2 heterocycles. The van der Waals surface area contributed by atoms with E-state index in [1.54, 1.807) is 38.2 Å². The van der Waals surface area contributed by atoms with Gasteiger partial charge in [0.2, 0.25) is 5.91 Å². The molecule has 0 saturated carbocycles. The van der Waals surface area contributed by atoms with Crippen LogP contribution in [0.4, 0.5) is 4.79 Å². The highest BCUT2D eigenvalue weighted by atomic mass is 35.5. The van der Waals surface area contributed by atoms with E-state index >= 15 is 0 Å². The van der Waals surface area contributed by atoms with Gasteiger partial charge in [0.25, 0.3) is 5.91 Å². The van der Waals surface area contributed by atoms with Crippen molar-refractivity contribution < 1.29 is 23.9 Å². The Balaban J connectivity index is 1.51. The number of carbonyl (C=O) groups is 3. The van der Waals surface area contributed by atoms with E-state index in [9.17, 15) is 14.4 Å². The Kier molecular flexibility index (Phi) is 6.16. The third-order valence-corrected chi connectivity index (χ3v) is 6.66. The lowest BCUT2D eigenvalue weighted by molar-refractivity contribution is -0.139. The summed E-state index contributed by atoms with van der Waals surface area (Å²) in [6, 6.07) is 7.81. The van der Waals surface area contributed by atoms with Gasteiger partial charge in [-0.1, -0.05) is 29.3 Å².